The lowest BCUT2D eigenvalue weighted by Gasteiger charge is -2.30. The monoisotopic (exact) mass is 328 g/mol. The Bertz CT molecular complexity index is 411. The number of hydrogen-bond donors (Lipinski definition) is 0. The Balaban J connectivity index is 2.02. The minimum absolute atomic E-state index is 0.200. The highest BCUT2D eigenvalue weighted by molar-refractivity contribution is 9.09. The van der Waals surface area contributed by atoms with Crippen molar-refractivity contribution >= 4 is 15.9 Å². The number of benzene rings is 1. The average Bonchev–Trinajstić information content (AvgIpc) is 2.64. The van der Waals surface area contributed by atoms with E-state index < -0.39 is 0 Å². The molecule has 0 bridgehead atoms. The van der Waals surface area contributed by atoms with Crippen LogP contribution in [0.4, 0.5) is 4.39 Å². The lowest BCUT2D eigenvalue weighted by Crippen LogP contribution is -2.30. The van der Waals surface area contributed by atoms with Crippen LogP contribution in [0.3, 0.4) is 0 Å². The molecule has 1 aliphatic carbocycles. The van der Waals surface area contributed by atoms with Gasteiger partial charge in [0, 0.05) is 10.7 Å². The molecule has 2 rings (SSSR count). The second-order valence-corrected chi connectivity index (χ2v) is 6.31. The predicted octanol–water partition coefficient (Wildman–Crippen LogP) is 5.25. The van der Waals surface area contributed by atoms with Crippen LogP contribution < -0.4 is 4.74 Å². The van der Waals surface area contributed by atoms with E-state index in [1.165, 1.54) is 50.7 Å². The molecule has 1 aromatic carbocycles. The third-order valence-electron chi connectivity index (χ3n) is 4.12. The standard InChI is InChI=1S/C16H22BrFO/c1-13-10-14(18)6-7-15(13)19-12-16(11-17)8-4-2-3-5-9-16/h6-7,10H,2-5,8-9,11-12H2,1H3. The first-order valence-corrected chi connectivity index (χ1v) is 8.22. The van der Waals surface area contributed by atoms with Crippen LogP contribution in [0.2, 0.25) is 0 Å². The van der Waals surface area contributed by atoms with Crippen LogP contribution in [0.25, 0.3) is 0 Å². The van der Waals surface area contributed by atoms with Gasteiger partial charge in [-0.05, 0) is 43.5 Å². The molecule has 0 amide bonds. The Morgan fingerprint density at radius 2 is 1.89 bits per heavy atom. The van der Waals surface area contributed by atoms with Gasteiger partial charge in [0.25, 0.3) is 0 Å². The van der Waals surface area contributed by atoms with Crippen LogP contribution in [-0.2, 0) is 0 Å². The fraction of sp³-hybridized carbons (Fsp3) is 0.625. The summed E-state index contributed by atoms with van der Waals surface area (Å²) in [6, 6.07) is 4.74. The minimum atomic E-state index is -0.200. The molecule has 0 spiro atoms. The topological polar surface area (TPSA) is 9.23 Å². The fourth-order valence-electron chi connectivity index (χ4n) is 2.80. The van der Waals surface area contributed by atoms with Crippen LogP contribution in [0.5, 0.6) is 5.75 Å². The highest BCUT2D eigenvalue weighted by Crippen LogP contribution is 2.37. The maximum absolute atomic E-state index is 13.1. The number of ether oxygens (including phenoxy) is 1. The van der Waals surface area contributed by atoms with Crippen molar-refractivity contribution in [3.8, 4) is 5.75 Å². The van der Waals surface area contributed by atoms with Gasteiger partial charge >= 0.3 is 0 Å². The third-order valence-corrected chi connectivity index (χ3v) is 5.31. The van der Waals surface area contributed by atoms with E-state index >= 15 is 0 Å². The summed E-state index contributed by atoms with van der Waals surface area (Å²) in [4.78, 5) is 0. The van der Waals surface area contributed by atoms with E-state index in [-0.39, 0.29) is 11.2 Å². The van der Waals surface area contributed by atoms with E-state index in [0.29, 0.717) is 0 Å². The largest absolute Gasteiger partial charge is 0.493 e. The second-order valence-electron chi connectivity index (χ2n) is 5.75. The Morgan fingerprint density at radius 3 is 2.47 bits per heavy atom. The molecule has 3 heteroatoms. The van der Waals surface area contributed by atoms with Crippen molar-refractivity contribution in [1.82, 2.24) is 0 Å². The van der Waals surface area contributed by atoms with Crippen molar-refractivity contribution < 1.29 is 9.13 Å². The summed E-state index contributed by atoms with van der Waals surface area (Å²) in [5.74, 6) is 0.612. The number of halogens is 2. The molecule has 1 aromatic rings. The first-order valence-electron chi connectivity index (χ1n) is 7.10. The smallest absolute Gasteiger partial charge is 0.123 e. The van der Waals surface area contributed by atoms with Crippen molar-refractivity contribution in [2.24, 2.45) is 5.41 Å². The zero-order valence-corrected chi connectivity index (χ0v) is 13.1. The van der Waals surface area contributed by atoms with Gasteiger partial charge in [-0.15, -0.1) is 0 Å². The normalized spacial score (nSPS) is 18.9. The van der Waals surface area contributed by atoms with Crippen molar-refractivity contribution in [2.45, 2.75) is 45.4 Å². The number of aryl methyl sites for hydroxylation is 1. The average molecular weight is 329 g/mol. The summed E-state index contributed by atoms with van der Waals surface area (Å²) < 4.78 is 19.1. The van der Waals surface area contributed by atoms with Gasteiger partial charge in [0.05, 0.1) is 6.61 Å². The molecule has 0 radical (unpaired) electrons. The zero-order valence-electron chi connectivity index (χ0n) is 11.6. The molecule has 0 N–H and O–H groups in total. The third kappa shape index (κ3) is 3.95. The number of alkyl halides is 1. The highest BCUT2D eigenvalue weighted by Gasteiger charge is 2.30. The molecule has 19 heavy (non-hydrogen) atoms. The predicted molar refractivity (Wildman–Crippen MR) is 80.6 cm³/mol. The molecule has 1 nitrogen and oxygen atoms in total. The van der Waals surface area contributed by atoms with Crippen molar-refractivity contribution in [1.29, 1.82) is 0 Å². The number of rotatable bonds is 4. The van der Waals surface area contributed by atoms with Gasteiger partial charge in [0.1, 0.15) is 11.6 Å². The van der Waals surface area contributed by atoms with Crippen molar-refractivity contribution in [3.63, 3.8) is 0 Å². The molecule has 0 aromatic heterocycles. The van der Waals surface area contributed by atoms with E-state index in [0.717, 1.165) is 23.2 Å². The molecule has 0 aliphatic heterocycles. The van der Waals surface area contributed by atoms with Gasteiger partial charge in [-0.2, -0.15) is 0 Å². The van der Waals surface area contributed by atoms with E-state index in [2.05, 4.69) is 15.9 Å². The molecule has 0 heterocycles. The lowest BCUT2D eigenvalue weighted by molar-refractivity contribution is 0.148. The van der Waals surface area contributed by atoms with E-state index in [1.54, 1.807) is 6.07 Å². The van der Waals surface area contributed by atoms with E-state index in [1.807, 2.05) is 6.92 Å². The highest BCUT2D eigenvalue weighted by atomic mass is 79.9. The Kier molecular flexibility index (Phi) is 5.26. The summed E-state index contributed by atoms with van der Waals surface area (Å²) in [7, 11) is 0. The van der Waals surface area contributed by atoms with Crippen LogP contribution in [0.15, 0.2) is 18.2 Å². The van der Waals surface area contributed by atoms with Gasteiger partial charge in [-0.3, -0.25) is 0 Å². The molecule has 106 valence electrons. The lowest BCUT2D eigenvalue weighted by atomic mass is 9.83. The number of hydrogen-bond acceptors (Lipinski definition) is 1. The van der Waals surface area contributed by atoms with Crippen molar-refractivity contribution in [2.75, 3.05) is 11.9 Å². The van der Waals surface area contributed by atoms with Gasteiger partial charge in [-0.1, -0.05) is 41.6 Å². The Hall–Kier alpha value is -0.570. The van der Waals surface area contributed by atoms with Gasteiger partial charge in [0.2, 0.25) is 0 Å². The summed E-state index contributed by atoms with van der Waals surface area (Å²) in [5.41, 5.74) is 1.12. The molecule has 1 saturated carbocycles. The molecule has 0 atom stereocenters. The van der Waals surface area contributed by atoms with E-state index in [9.17, 15) is 4.39 Å². The first kappa shape index (κ1) is 14.8. The Labute approximate surface area is 123 Å². The molecule has 0 saturated heterocycles. The zero-order chi connectivity index (χ0) is 13.7. The molecular weight excluding hydrogens is 307 g/mol. The minimum Gasteiger partial charge on any atom is -0.493 e. The van der Waals surface area contributed by atoms with Crippen molar-refractivity contribution in [3.05, 3.63) is 29.6 Å². The summed E-state index contributed by atoms with van der Waals surface area (Å²) in [6.07, 6.45) is 7.69. The van der Waals surface area contributed by atoms with Crippen LogP contribution in [0, 0.1) is 18.2 Å². The Morgan fingerprint density at radius 1 is 1.21 bits per heavy atom. The van der Waals surface area contributed by atoms with Gasteiger partial charge in [0.15, 0.2) is 0 Å². The first-order chi connectivity index (χ1) is 9.15. The van der Waals surface area contributed by atoms with Crippen LogP contribution >= 0.6 is 15.9 Å². The molecule has 1 fully saturated rings. The van der Waals surface area contributed by atoms with Crippen LogP contribution in [0.1, 0.15) is 44.1 Å². The quantitative estimate of drug-likeness (QED) is 0.542. The molecule has 1 aliphatic rings. The summed E-state index contributed by atoms with van der Waals surface area (Å²) in [5, 5.41) is 0.986. The van der Waals surface area contributed by atoms with Gasteiger partial charge < -0.3 is 4.74 Å². The molecule has 0 unspecified atom stereocenters. The maximum atomic E-state index is 13.1. The summed E-state index contributed by atoms with van der Waals surface area (Å²) >= 11 is 3.67. The summed E-state index contributed by atoms with van der Waals surface area (Å²) in [6.45, 7) is 2.62. The van der Waals surface area contributed by atoms with Crippen LogP contribution in [-0.4, -0.2) is 11.9 Å². The maximum Gasteiger partial charge on any atom is 0.123 e. The van der Waals surface area contributed by atoms with E-state index in [4.69, 9.17) is 4.74 Å². The second kappa shape index (κ2) is 6.74. The van der Waals surface area contributed by atoms with Gasteiger partial charge in [-0.25, -0.2) is 4.39 Å². The molecular formula is C16H22BrFO. The fourth-order valence-corrected chi connectivity index (χ4v) is 3.52. The SMILES string of the molecule is Cc1cc(F)ccc1OCC1(CBr)CCCCCC1.